The first kappa shape index (κ1) is 23.1. The summed E-state index contributed by atoms with van der Waals surface area (Å²) in [5, 5.41) is 10.2. The number of hydrogen-bond acceptors (Lipinski definition) is 4. The molecule has 172 valence electrons. The van der Waals surface area contributed by atoms with Gasteiger partial charge in [0.2, 0.25) is 0 Å². The lowest BCUT2D eigenvalue weighted by Crippen LogP contribution is -2.56. The number of halogens is 1. The molecule has 3 aromatic rings. The highest BCUT2D eigenvalue weighted by molar-refractivity contribution is 5.94. The number of phenols is 1. The number of phenolic OH excluding ortho intramolecular Hbond substituents is 1. The summed E-state index contributed by atoms with van der Waals surface area (Å²) < 4.78 is 13.7. The highest BCUT2D eigenvalue weighted by Crippen LogP contribution is 2.35. The maximum Gasteiger partial charge on any atom is 0.159 e. The summed E-state index contributed by atoms with van der Waals surface area (Å²) in [6.07, 6.45) is 0. The molecular weight excluding hydrogens is 415 g/mol. The van der Waals surface area contributed by atoms with Gasteiger partial charge in [-0.2, -0.15) is 0 Å². The minimum absolute atomic E-state index is 0.0448. The fourth-order valence-corrected chi connectivity index (χ4v) is 4.85. The maximum absolute atomic E-state index is 13.7. The molecule has 0 radical (unpaired) electrons. The van der Waals surface area contributed by atoms with Crippen LogP contribution in [0.3, 0.4) is 0 Å². The van der Waals surface area contributed by atoms with Gasteiger partial charge < -0.3 is 5.11 Å². The highest BCUT2D eigenvalue weighted by Gasteiger charge is 2.35. The van der Waals surface area contributed by atoms with Crippen molar-refractivity contribution in [2.24, 2.45) is 0 Å². The first-order valence-electron chi connectivity index (χ1n) is 11.5. The Labute approximate surface area is 195 Å². The van der Waals surface area contributed by atoms with Gasteiger partial charge in [0, 0.05) is 37.3 Å². The van der Waals surface area contributed by atoms with Crippen LogP contribution in [0.4, 0.5) is 4.39 Å². The normalized spacial score (nSPS) is 20.5. The molecule has 4 nitrogen and oxygen atoms in total. The molecule has 1 aliphatic heterocycles. The summed E-state index contributed by atoms with van der Waals surface area (Å²) in [5.41, 5.74) is 3.77. The zero-order valence-corrected chi connectivity index (χ0v) is 19.4. The Balaban J connectivity index is 1.62. The smallest absolute Gasteiger partial charge is 0.159 e. The van der Waals surface area contributed by atoms with Gasteiger partial charge in [0.25, 0.3) is 0 Å². The molecule has 1 aliphatic rings. The molecule has 33 heavy (non-hydrogen) atoms. The average Bonchev–Trinajstić information content (AvgIpc) is 2.78. The van der Waals surface area contributed by atoms with Gasteiger partial charge in [0.1, 0.15) is 11.6 Å². The summed E-state index contributed by atoms with van der Waals surface area (Å²) >= 11 is 0. The van der Waals surface area contributed by atoms with Crippen LogP contribution in [-0.4, -0.2) is 45.9 Å². The molecule has 0 amide bonds. The van der Waals surface area contributed by atoms with Gasteiger partial charge in [-0.05, 0) is 61.7 Å². The van der Waals surface area contributed by atoms with E-state index in [0.717, 1.165) is 29.8 Å². The summed E-state index contributed by atoms with van der Waals surface area (Å²) in [5.74, 6) is 0.0801. The van der Waals surface area contributed by atoms with Crippen LogP contribution >= 0.6 is 0 Å². The monoisotopic (exact) mass is 446 g/mol. The second-order valence-corrected chi connectivity index (χ2v) is 9.13. The van der Waals surface area contributed by atoms with E-state index in [-0.39, 0.29) is 35.5 Å². The van der Waals surface area contributed by atoms with E-state index < -0.39 is 0 Å². The average molecular weight is 447 g/mol. The number of carbonyl (C=O) groups is 1. The van der Waals surface area contributed by atoms with E-state index in [1.165, 1.54) is 6.07 Å². The molecule has 0 aromatic heterocycles. The third kappa shape index (κ3) is 5.32. The van der Waals surface area contributed by atoms with Crippen molar-refractivity contribution in [3.63, 3.8) is 0 Å². The molecule has 0 bridgehead atoms. The first-order valence-corrected chi connectivity index (χ1v) is 11.5. The third-order valence-electron chi connectivity index (χ3n) is 6.59. The quantitative estimate of drug-likeness (QED) is 0.514. The van der Waals surface area contributed by atoms with E-state index in [4.69, 9.17) is 0 Å². The van der Waals surface area contributed by atoms with Gasteiger partial charge in [0.05, 0.1) is 6.04 Å². The number of Topliss-reactive ketones (excluding diaryl/α,β-unsaturated/α-hetero) is 1. The molecule has 0 spiro atoms. The molecule has 0 saturated carbocycles. The standard InChI is InChI=1S/C28H31FN2O2/c1-19-17-31(20(2)16-30(19)18-22-6-4-8-26(29)14-22)28(25-7-5-9-27(33)15-25)24-12-10-23(11-13-24)21(3)32/h4-15,19-20,28,33H,16-18H2,1-3H3/t19-,20+,28?/m1/s1. The first-order chi connectivity index (χ1) is 15.8. The number of hydrogen-bond donors (Lipinski definition) is 1. The van der Waals surface area contributed by atoms with E-state index in [1.54, 1.807) is 25.1 Å². The van der Waals surface area contributed by atoms with Crippen molar-refractivity contribution >= 4 is 5.78 Å². The Hall–Kier alpha value is -3.02. The molecule has 1 fully saturated rings. The Morgan fingerprint density at radius 3 is 2.36 bits per heavy atom. The summed E-state index contributed by atoms with van der Waals surface area (Å²) in [4.78, 5) is 16.6. The molecule has 0 aliphatic carbocycles. The van der Waals surface area contributed by atoms with Crippen LogP contribution in [0.25, 0.3) is 0 Å². The summed E-state index contributed by atoms with van der Waals surface area (Å²) in [7, 11) is 0. The topological polar surface area (TPSA) is 43.8 Å². The maximum atomic E-state index is 13.7. The van der Waals surface area contributed by atoms with Gasteiger partial charge in [-0.3, -0.25) is 14.6 Å². The SMILES string of the molecule is CC(=O)c1ccc(C(c2cccc(O)c2)N2C[C@@H](C)N(Cc3cccc(F)c3)C[C@@H]2C)cc1. The van der Waals surface area contributed by atoms with Crippen molar-refractivity contribution in [1.29, 1.82) is 0 Å². The molecule has 1 heterocycles. The minimum atomic E-state index is -0.204. The Kier molecular flexibility index (Phi) is 6.91. The van der Waals surface area contributed by atoms with Crippen molar-refractivity contribution in [3.8, 4) is 5.75 Å². The van der Waals surface area contributed by atoms with Gasteiger partial charge in [-0.1, -0.05) is 48.5 Å². The summed E-state index contributed by atoms with van der Waals surface area (Å²) in [6, 6.07) is 22.5. The molecule has 1 N–H and O–H groups in total. The Bertz CT molecular complexity index is 1110. The molecule has 4 rings (SSSR count). The van der Waals surface area contributed by atoms with E-state index in [9.17, 15) is 14.3 Å². The van der Waals surface area contributed by atoms with Gasteiger partial charge >= 0.3 is 0 Å². The molecule has 1 saturated heterocycles. The van der Waals surface area contributed by atoms with E-state index >= 15 is 0 Å². The van der Waals surface area contributed by atoms with E-state index in [1.807, 2.05) is 48.5 Å². The third-order valence-corrected chi connectivity index (χ3v) is 6.59. The molecular formula is C28H31FN2O2. The largest absolute Gasteiger partial charge is 0.508 e. The number of aromatic hydroxyl groups is 1. The second kappa shape index (κ2) is 9.86. The zero-order valence-electron chi connectivity index (χ0n) is 19.4. The van der Waals surface area contributed by atoms with Crippen LogP contribution < -0.4 is 0 Å². The zero-order chi connectivity index (χ0) is 23.5. The number of rotatable bonds is 6. The van der Waals surface area contributed by atoms with Gasteiger partial charge in [0.15, 0.2) is 5.78 Å². The molecule has 5 heteroatoms. The predicted molar refractivity (Wildman–Crippen MR) is 129 cm³/mol. The summed E-state index contributed by atoms with van der Waals surface area (Å²) in [6.45, 7) is 8.37. The van der Waals surface area contributed by atoms with E-state index in [0.29, 0.717) is 12.1 Å². The van der Waals surface area contributed by atoms with Gasteiger partial charge in [-0.15, -0.1) is 0 Å². The predicted octanol–water partition coefficient (Wildman–Crippen LogP) is 5.42. The lowest BCUT2D eigenvalue weighted by Gasteiger charge is -2.47. The second-order valence-electron chi connectivity index (χ2n) is 9.13. The molecule has 1 unspecified atom stereocenters. The van der Waals surface area contributed by atoms with Crippen LogP contribution in [0.2, 0.25) is 0 Å². The number of nitrogens with zero attached hydrogens (tertiary/aromatic N) is 2. The van der Waals surface area contributed by atoms with Crippen molar-refractivity contribution in [2.45, 2.75) is 45.4 Å². The van der Waals surface area contributed by atoms with Crippen LogP contribution in [-0.2, 0) is 6.54 Å². The van der Waals surface area contributed by atoms with Crippen molar-refractivity contribution in [1.82, 2.24) is 9.80 Å². The molecule has 3 atom stereocenters. The van der Waals surface area contributed by atoms with Crippen molar-refractivity contribution in [3.05, 3.63) is 101 Å². The fraction of sp³-hybridized carbons (Fsp3) is 0.321. The van der Waals surface area contributed by atoms with Crippen LogP contribution in [0.15, 0.2) is 72.8 Å². The van der Waals surface area contributed by atoms with Crippen molar-refractivity contribution < 1.29 is 14.3 Å². The lowest BCUT2D eigenvalue weighted by molar-refractivity contribution is 0.0194. The number of piperazine rings is 1. The fourth-order valence-electron chi connectivity index (χ4n) is 4.85. The molecule has 3 aromatic carbocycles. The Morgan fingerprint density at radius 1 is 0.970 bits per heavy atom. The highest BCUT2D eigenvalue weighted by atomic mass is 19.1. The van der Waals surface area contributed by atoms with Crippen LogP contribution in [0, 0.1) is 5.82 Å². The number of benzene rings is 3. The van der Waals surface area contributed by atoms with Gasteiger partial charge in [-0.25, -0.2) is 4.39 Å². The minimum Gasteiger partial charge on any atom is -0.508 e. The Morgan fingerprint density at radius 2 is 1.70 bits per heavy atom. The lowest BCUT2D eigenvalue weighted by atomic mass is 9.92. The van der Waals surface area contributed by atoms with E-state index in [2.05, 4.69) is 23.6 Å². The van der Waals surface area contributed by atoms with Crippen LogP contribution in [0.5, 0.6) is 5.75 Å². The van der Waals surface area contributed by atoms with Crippen molar-refractivity contribution in [2.75, 3.05) is 13.1 Å². The number of ketones is 1. The van der Waals surface area contributed by atoms with Crippen LogP contribution in [0.1, 0.15) is 53.9 Å². The number of carbonyl (C=O) groups excluding carboxylic acids is 1.